The Bertz CT molecular complexity index is 687. The van der Waals surface area contributed by atoms with Crippen molar-refractivity contribution >= 4 is 17.6 Å². The Kier molecular flexibility index (Phi) is 3.75. The lowest BCUT2D eigenvalue weighted by Gasteiger charge is -2.36. The summed E-state index contributed by atoms with van der Waals surface area (Å²) in [5.41, 5.74) is 9.53. The number of benzene rings is 1. The molecule has 0 saturated carbocycles. The maximum Gasteiger partial charge on any atom is 0.292 e. The van der Waals surface area contributed by atoms with Gasteiger partial charge in [-0.3, -0.25) is 4.79 Å². The minimum atomic E-state index is -0.124. The Morgan fingerprint density at radius 3 is 2.59 bits per heavy atom. The lowest BCUT2D eigenvalue weighted by molar-refractivity contribution is 0.0741. The van der Waals surface area contributed by atoms with E-state index in [1.807, 2.05) is 0 Å². The van der Waals surface area contributed by atoms with Crippen molar-refractivity contribution in [3.8, 4) is 0 Å². The van der Waals surface area contributed by atoms with Gasteiger partial charge in [0.15, 0.2) is 5.69 Å². The smallest absolute Gasteiger partial charge is 0.292 e. The fourth-order valence-electron chi connectivity index (χ4n) is 2.78. The zero-order valence-electron chi connectivity index (χ0n) is 12.9. The molecule has 2 heterocycles. The monoisotopic (exact) mass is 300 g/mol. The standard InChI is InChI=1S/C16H20N4O2/c1-11-4-3-5-14(12(11)2)19-6-8-20(9-7-19)15(21)13-10-22-16(17)18-13/h3-5,10H,6-9H2,1-2H3,(H2,17,18). The van der Waals surface area contributed by atoms with Gasteiger partial charge < -0.3 is 20.0 Å². The fourth-order valence-corrected chi connectivity index (χ4v) is 2.78. The number of nitrogen functional groups attached to an aromatic ring is 1. The van der Waals surface area contributed by atoms with Crippen LogP contribution in [0.2, 0.25) is 0 Å². The molecule has 1 amide bonds. The molecule has 1 fully saturated rings. The summed E-state index contributed by atoms with van der Waals surface area (Å²) in [5.74, 6) is -0.124. The van der Waals surface area contributed by atoms with Gasteiger partial charge in [0.1, 0.15) is 6.26 Å². The first-order valence-corrected chi connectivity index (χ1v) is 7.37. The van der Waals surface area contributed by atoms with Gasteiger partial charge in [-0.1, -0.05) is 12.1 Å². The number of nitrogens with two attached hydrogens (primary N) is 1. The number of carbonyl (C=O) groups excluding carboxylic acids is 1. The van der Waals surface area contributed by atoms with Crippen LogP contribution in [0.25, 0.3) is 0 Å². The second kappa shape index (κ2) is 5.71. The molecule has 1 aliphatic rings. The number of anilines is 2. The van der Waals surface area contributed by atoms with E-state index in [0.29, 0.717) is 13.1 Å². The molecule has 0 spiro atoms. The Morgan fingerprint density at radius 1 is 1.23 bits per heavy atom. The highest BCUT2D eigenvalue weighted by Gasteiger charge is 2.25. The molecule has 1 aromatic heterocycles. The van der Waals surface area contributed by atoms with Crippen LogP contribution >= 0.6 is 0 Å². The van der Waals surface area contributed by atoms with Gasteiger partial charge >= 0.3 is 0 Å². The fraction of sp³-hybridized carbons (Fsp3) is 0.375. The van der Waals surface area contributed by atoms with Gasteiger partial charge in [0.25, 0.3) is 11.9 Å². The maximum atomic E-state index is 12.3. The third-order valence-electron chi connectivity index (χ3n) is 4.22. The van der Waals surface area contributed by atoms with Gasteiger partial charge in [-0.05, 0) is 31.0 Å². The number of aryl methyl sites for hydroxylation is 1. The summed E-state index contributed by atoms with van der Waals surface area (Å²) in [6.07, 6.45) is 1.31. The lowest BCUT2D eigenvalue weighted by Crippen LogP contribution is -2.49. The summed E-state index contributed by atoms with van der Waals surface area (Å²) in [6, 6.07) is 6.36. The van der Waals surface area contributed by atoms with Crippen LogP contribution in [0.3, 0.4) is 0 Å². The van der Waals surface area contributed by atoms with Crippen molar-refractivity contribution in [1.29, 1.82) is 0 Å². The van der Waals surface area contributed by atoms with E-state index in [1.165, 1.54) is 23.1 Å². The van der Waals surface area contributed by atoms with Crippen molar-refractivity contribution in [2.75, 3.05) is 36.8 Å². The molecule has 6 nitrogen and oxygen atoms in total. The van der Waals surface area contributed by atoms with E-state index in [1.54, 1.807) is 4.90 Å². The second-order valence-electron chi connectivity index (χ2n) is 5.57. The number of amides is 1. The minimum absolute atomic E-state index is 0.0253. The molecule has 2 aromatic rings. The van der Waals surface area contributed by atoms with Crippen LogP contribution in [0.5, 0.6) is 0 Å². The first kappa shape index (κ1) is 14.4. The first-order valence-electron chi connectivity index (χ1n) is 7.37. The number of carbonyl (C=O) groups is 1. The lowest BCUT2D eigenvalue weighted by atomic mass is 10.1. The third kappa shape index (κ3) is 2.64. The number of aromatic nitrogens is 1. The molecule has 0 bridgehead atoms. The predicted octanol–water partition coefficient (Wildman–Crippen LogP) is 1.84. The van der Waals surface area contributed by atoms with Crippen LogP contribution < -0.4 is 10.6 Å². The van der Waals surface area contributed by atoms with Gasteiger partial charge in [-0.25, -0.2) is 0 Å². The highest BCUT2D eigenvalue weighted by molar-refractivity contribution is 5.92. The summed E-state index contributed by atoms with van der Waals surface area (Å²) >= 11 is 0. The predicted molar refractivity (Wildman–Crippen MR) is 84.9 cm³/mol. The van der Waals surface area contributed by atoms with Crippen LogP contribution in [-0.2, 0) is 0 Å². The molecule has 2 N–H and O–H groups in total. The number of piperazine rings is 1. The molecule has 1 aliphatic heterocycles. The molecule has 22 heavy (non-hydrogen) atoms. The molecular formula is C16H20N4O2. The van der Waals surface area contributed by atoms with E-state index in [9.17, 15) is 4.79 Å². The van der Waals surface area contributed by atoms with Crippen molar-refractivity contribution in [1.82, 2.24) is 9.88 Å². The number of nitrogens with zero attached hydrogens (tertiary/aromatic N) is 3. The Balaban J connectivity index is 1.67. The number of hydrogen-bond acceptors (Lipinski definition) is 5. The quantitative estimate of drug-likeness (QED) is 0.916. The van der Waals surface area contributed by atoms with Crippen LogP contribution in [-0.4, -0.2) is 42.0 Å². The molecule has 0 atom stereocenters. The Morgan fingerprint density at radius 2 is 1.95 bits per heavy atom. The van der Waals surface area contributed by atoms with Crippen LogP contribution in [0.15, 0.2) is 28.9 Å². The van der Waals surface area contributed by atoms with Gasteiger partial charge in [0.2, 0.25) is 0 Å². The molecule has 0 aliphatic carbocycles. The topological polar surface area (TPSA) is 75.6 Å². The largest absolute Gasteiger partial charge is 0.431 e. The summed E-state index contributed by atoms with van der Waals surface area (Å²) in [7, 11) is 0. The highest BCUT2D eigenvalue weighted by atomic mass is 16.4. The van der Waals surface area contributed by atoms with E-state index < -0.39 is 0 Å². The molecule has 6 heteroatoms. The summed E-state index contributed by atoms with van der Waals surface area (Å²) < 4.78 is 4.90. The van der Waals surface area contributed by atoms with E-state index in [-0.39, 0.29) is 17.6 Å². The third-order valence-corrected chi connectivity index (χ3v) is 4.22. The van der Waals surface area contributed by atoms with Crippen molar-refractivity contribution in [3.05, 3.63) is 41.3 Å². The zero-order valence-corrected chi connectivity index (χ0v) is 12.9. The van der Waals surface area contributed by atoms with Crippen molar-refractivity contribution in [2.45, 2.75) is 13.8 Å². The average Bonchev–Trinajstić information content (AvgIpc) is 2.96. The van der Waals surface area contributed by atoms with Crippen molar-refractivity contribution < 1.29 is 9.21 Å². The molecule has 0 radical (unpaired) electrons. The second-order valence-corrected chi connectivity index (χ2v) is 5.57. The van der Waals surface area contributed by atoms with Gasteiger partial charge in [-0.2, -0.15) is 4.98 Å². The highest BCUT2D eigenvalue weighted by Crippen LogP contribution is 2.24. The van der Waals surface area contributed by atoms with Crippen molar-refractivity contribution in [2.24, 2.45) is 0 Å². The summed E-state index contributed by atoms with van der Waals surface area (Å²) in [4.78, 5) is 20.3. The SMILES string of the molecule is Cc1cccc(N2CCN(C(=O)c3coc(N)n3)CC2)c1C. The number of hydrogen-bond donors (Lipinski definition) is 1. The number of oxazole rings is 1. The molecule has 3 rings (SSSR count). The first-order chi connectivity index (χ1) is 10.6. The van der Waals surface area contributed by atoms with E-state index >= 15 is 0 Å². The van der Waals surface area contributed by atoms with Gasteiger partial charge in [0.05, 0.1) is 0 Å². The molecule has 1 saturated heterocycles. The molecule has 0 unspecified atom stereocenters. The van der Waals surface area contributed by atoms with E-state index in [2.05, 4.69) is 41.9 Å². The maximum absolute atomic E-state index is 12.3. The molecular weight excluding hydrogens is 280 g/mol. The zero-order chi connectivity index (χ0) is 15.7. The van der Waals surface area contributed by atoms with Gasteiger partial charge in [0, 0.05) is 31.9 Å². The normalized spacial score (nSPS) is 15.2. The van der Waals surface area contributed by atoms with Crippen molar-refractivity contribution in [3.63, 3.8) is 0 Å². The summed E-state index contributed by atoms with van der Waals surface area (Å²) in [6.45, 7) is 7.21. The van der Waals surface area contributed by atoms with E-state index in [4.69, 9.17) is 10.2 Å². The average molecular weight is 300 g/mol. The molecule has 1 aromatic carbocycles. The summed E-state index contributed by atoms with van der Waals surface area (Å²) in [5, 5.41) is 0. The minimum Gasteiger partial charge on any atom is -0.431 e. The van der Waals surface area contributed by atoms with Crippen LogP contribution in [0.4, 0.5) is 11.7 Å². The van der Waals surface area contributed by atoms with Crippen LogP contribution in [0, 0.1) is 13.8 Å². The Labute approximate surface area is 129 Å². The number of rotatable bonds is 2. The van der Waals surface area contributed by atoms with E-state index in [0.717, 1.165) is 13.1 Å². The van der Waals surface area contributed by atoms with Crippen LogP contribution in [0.1, 0.15) is 21.6 Å². The van der Waals surface area contributed by atoms with Gasteiger partial charge in [-0.15, -0.1) is 0 Å². The molecule has 116 valence electrons. The Hall–Kier alpha value is -2.50.